The van der Waals surface area contributed by atoms with Crippen LogP contribution in [0.5, 0.6) is 0 Å². The molecule has 0 radical (unpaired) electrons. The van der Waals surface area contributed by atoms with E-state index in [1.807, 2.05) is 0 Å². The average Bonchev–Trinajstić information content (AvgIpc) is 3.99. The van der Waals surface area contributed by atoms with E-state index in [9.17, 15) is 0 Å². The van der Waals surface area contributed by atoms with Crippen LogP contribution in [0, 0.1) is 0 Å². The minimum absolute atomic E-state index is 0.615. The Kier molecular flexibility index (Phi) is 6.69. The lowest BCUT2D eigenvalue weighted by Crippen LogP contribution is -1.96. The van der Waals surface area contributed by atoms with Gasteiger partial charge in [0.1, 0.15) is 5.52 Å². The molecule has 274 valence electrons. The second-order valence-electron chi connectivity index (χ2n) is 15.5. The van der Waals surface area contributed by atoms with Crippen LogP contribution in [0.2, 0.25) is 0 Å². The summed E-state index contributed by atoms with van der Waals surface area (Å²) < 4.78 is 11.4. The molecular weight excluding hydrogens is 719 g/mol. The van der Waals surface area contributed by atoms with E-state index >= 15 is 0 Å². The van der Waals surface area contributed by atoms with Gasteiger partial charge in [-0.05, 0) is 111 Å². The van der Waals surface area contributed by atoms with Gasteiger partial charge < -0.3 is 13.6 Å². The zero-order chi connectivity index (χ0) is 38.6. The number of benzene rings is 10. The lowest BCUT2D eigenvalue weighted by Gasteiger charge is -2.16. The first-order valence-corrected chi connectivity index (χ1v) is 20.1. The van der Waals surface area contributed by atoms with Crippen molar-refractivity contribution >= 4 is 87.0 Å². The van der Waals surface area contributed by atoms with Crippen molar-refractivity contribution in [3.63, 3.8) is 0 Å². The molecule has 4 heteroatoms. The minimum Gasteiger partial charge on any atom is -0.436 e. The third kappa shape index (κ3) is 4.69. The van der Waals surface area contributed by atoms with E-state index in [0.29, 0.717) is 5.89 Å². The van der Waals surface area contributed by atoms with E-state index in [0.717, 1.165) is 39.0 Å². The van der Waals surface area contributed by atoms with Gasteiger partial charge in [0.2, 0.25) is 5.89 Å². The van der Waals surface area contributed by atoms with Gasteiger partial charge in [0.25, 0.3) is 0 Å². The topological polar surface area (TPSA) is 35.9 Å². The van der Waals surface area contributed by atoms with Gasteiger partial charge >= 0.3 is 0 Å². The smallest absolute Gasteiger partial charge is 0.227 e. The summed E-state index contributed by atoms with van der Waals surface area (Å²) in [4.78, 5) is 4.99. The maximum absolute atomic E-state index is 6.57. The van der Waals surface area contributed by atoms with Crippen LogP contribution in [-0.2, 0) is 0 Å². The molecule has 0 atom stereocenters. The number of aromatic nitrogens is 3. The molecular formula is C55H33N3O. The molecule has 0 aliphatic heterocycles. The van der Waals surface area contributed by atoms with Crippen LogP contribution in [0.4, 0.5) is 0 Å². The van der Waals surface area contributed by atoms with Crippen LogP contribution in [0.3, 0.4) is 0 Å². The van der Waals surface area contributed by atoms with Crippen LogP contribution in [0.1, 0.15) is 0 Å². The summed E-state index contributed by atoms with van der Waals surface area (Å²) in [5.74, 6) is 0.615. The highest BCUT2D eigenvalue weighted by molar-refractivity contribution is 6.28. The van der Waals surface area contributed by atoms with E-state index in [1.54, 1.807) is 0 Å². The van der Waals surface area contributed by atoms with Crippen LogP contribution in [0.15, 0.2) is 205 Å². The second-order valence-corrected chi connectivity index (χ2v) is 15.5. The van der Waals surface area contributed by atoms with Crippen LogP contribution < -0.4 is 0 Å². The molecule has 0 amide bonds. The lowest BCUT2D eigenvalue weighted by molar-refractivity contribution is 0.620. The van der Waals surface area contributed by atoms with E-state index < -0.39 is 0 Å². The molecule has 0 spiro atoms. The standard InChI is InChI=1S/C55H33N3O/c1-2-13-37(14-3-1)57-48-22-10-8-18-41(48)46-32-36(27-30-50(46)57)55-56-47-28-25-35(33-53(47)59-55)34-26-29-51-45(31-34)42-19-9-11-23-49(42)58(51)52-24-12-21-44-40-16-5-4-15-38(40)39-17-6-7-20-43(39)54(44)52/h1-33H. The van der Waals surface area contributed by atoms with Gasteiger partial charge in [-0.2, -0.15) is 0 Å². The fourth-order valence-corrected chi connectivity index (χ4v) is 9.72. The monoisotopic (exact) mass is 751 g/mol. The van der Waals surface area contributed by atoms with E-state index in [1.165, 1.54) is 76.1 Å². The zero-order valence-corrected chi connectivity index (χ0v) is 31.8. The fraction of sp³-hybridized carbons (Fsp3) is 0. The van der Waals surface area contributed by atoms with E-state index in [4.69, 9.17) is 9.40 Å². The number of hydrogen-bond donors (Lipinski definition) is 0. The molecule has 0 aliphatic rings. The largest absolute Gasteiger partial charge is 0.436 e. The van der Waals surface area contributed by atoms with Gasteiger partial charge in [0.05, 0.1) is 27.8 Å². The molecule has 3 aromatic heterocycles. The minimum atomic E-state index is 0.615. The van der Waals surface area contributed by atoms with Crippen LogP contribution in [-0.4, -0.2) is 14.1 Å². The number of fused-ring (bicyclic) bond motifs is 13. The van der Waals surface area contributed by atoms with Crippen molar-refractivity contribution in [2.45, 2.75) is 0 Å². The third-order valence-electron chi connectivity index (χ3n) is 12.3. The van der Waals surface area contributed by atoms with Crippen molar-refractivity contribution < 1.29 is 4.42 Å². The number of para-hydroxylation sites is 3. The molecule has 0 unspecified atom stereocenters. The summed E-state index contributed by atoms with van der Waals surface area (Å²) in [5.41, 5.74) is 11.8. The Bertz CT molecular complexity index is 3800. The molecule has 59 heavy (non-hydrogen) atoms. The Hall–Kier alpha value is -7.95. The molecule has 4 nitrogen and oxygen atoms in total. The quantitative estimate of drug-likeness (QED) is 0.168. The molecule has 13 rings (SSSR count). The van der Waals surface area contributed by atoms with Gasteiger partial charge in [-0.1, -0.05) is 127 Å². The van der Waals surface area contributed by atoms with Gasteiger partial charge in [-0.15, -0.1) is 0 Å². The third-order valence-corrected chi connectivity index (χ3v) is 12.3. The average molecular weight is 752 g/mol. The molecule has 0 aliphatic carbocycles. The summed E-state index contributed by atoms with van der Waals surface area (Å²) in [6, 6.07) is 72.0. The SMILES string of the molecule is c1ccc(-n2c3ccccc3c3cc(-c4nc5ccc(-c6ccc7c(c6)c6ccccc6n7-c6cccc7c8ccccc8c8ccccc8c67)cc5o4)ccc32)cc1. The van der Waals surface area contributed by atoms with Crippen molar-refractivity contribution in [3.8, 4) is 34.0 Å². The maximum Gasteiger partial charge on any atom is 0.227 e. The van der Waals surface area contributed by atoms with E-state index in [-0.39, 0.29) is 0 Å². The first-order chi connectivity index (χ1) is 29.3. The van der Waals surface area contributed by atoms with Crippen LogP contribution >= 0.6 is 0 Å². The number of hydrogen-bond acceptors (Lipinski definition) is 2. The highest BCUT2D eigenvalue weighted by Gasteiger charge is 2.19. The van der Waals surface area contributed by atoms with Gasteiger partial charge in [-0.3, -0.25) is 0 Å². The van der Waals surface area contributed by atoms with Crippen molar-refractivity contribution in [2.24, 2.45) is 0 Å². The predicted molar refractivity (Wildman–Crippen MR) is 246 cm³/mol. The summed E-state index contributed by atoms with van der Waals surface area (Å²) in [7, 11) is 0. The molecule has 0 saturated carbocycles. The lowest BCUT2D eigenvalue weighted by atomic mass is 9.93. The fourth-order valence-electron chi connectivity index (χ4n) is 9.72. The van der Waals surface area contributed by atoms with Crippen molar-refractivity contribution in [2.75, 3.05) is 0 Å². The molecule has 0 bridgehead atoms. The molecule has 0 saturated heterocycles. The Morgan fingerprint density at radius 3 is 1.54 bits per heavy atom. The molecule has 0 fully saturated rings. The normalized spacial score (nSPS) is 12.1. The number of nitrogens with zero attached hydrogens (tertiary/aromatic N) is 3. The predicted octanol–water partition coefficient (Wildman–Crippen LogP) is 14.8. The molecule has 3 heterocycles. The van der Waals surface area contributed by atoms with Crippen molar-refractivity contribution in [1.82, 2.24) is 14.1 Å². The van der Waals surface area contributed by atoms with Crippen molar-refractivity contribution in [3.05, 3.63) is 200 Å². The second kappa shape index (κ2) is 12.3. The Balaban J connectivity index is 0.945. The Labute approximate surface area is 338 Å². The number of oxazole rings is 1. The van der Waals surface area contributed by atoms with Gasteiger partial charge in [0.15, 0.2) is 5.58 Å². The Morgan fingerprint density at radius 2 is 0.831 bits per heavy atom. The molecule has 10 aromatic carbocycles. The number of rotatable bonds is 4. The first kappa shape index (κ1) is 32.2. The summed E-state index contributed by atoms with van der Waals surface area (Å²) in [6.07, 6.45) is 0. The first-order valence-electron chi connectivity index (χ1n) is 20.1. The van der Waals surface area contributed by atoms with Crippen LogP contribution in [0.25, 0.3) is 121 Å². The maximum atomic E-state index is 6.57. The Morgan fingerprint density at radius 1 is 0.339 bits per heavy atom. The van der Waals surface area contributed by atoms with E-state index in [2.05, 4.69) is 209 Å². The zero-order valence-electron chi connectivity index (χ0n) is 31.8. The van der Waals surface area contributed by atoms with Gasteiger partial charge in [-0.25, -0.2) is 4.98 Å². The highest BCUT2D eigenvalue weighted by Crippen LogP contribution is 2.42. The summed E-state index contributed by atoms with van der Waals surface area (Å²) in [5, 5.41) is 12.4. The summed E-state index contributed by atoms with van der Waals surface area (Å²) >= 11 is 0. The highest BCUT2D eigenvalue weighted by atomic mass is 16.3. The van der Waals surface area contributed by atoms with Gasteiger partial charge in [0, 0.05) is 38.2 Å². The molecule has 0 N–H and O–H groups in total. The van der Waals surface area contributed by atoms with Crippen molar-refractivity contribution in [1.29, 1.82) is 0 Å². The summed E-state index contributed by atoms with van der Waals surface area (Å²) in [6.45, 7) is 0. The molecule has 13 aromatic rings.